The Labute approximate surface area is 116 Å². The molecule has 2 aliphatic rings. The van der Waals surface area contributed by atoms with Gasteiger partial charge >= 0.3 is 0 Å². The first-order chi connectivity index (χ1) is 8.79. The molecule has 0 N–H and O–H groups in total. The summed E-state index contributed by atoms with van der Waals surface area (Å²) in [5, 5.41) is 8.88. The molecule has 2 aliphatic heterocycles. The molecule has 0 spiro atoms. The number of hydrogen-bond acceptors (Lipinski definition) is 4. The lowest BCUT2D eigenvalue weighted by atomic mass is 10.1. The molecule has 0 saturated carbocycles. The standard InChI is InChI=1S/C13H20N2OS2/c14-10-12-4-1-6-15(11-12)7-2-5-13-17-8-3-9-18(13)16/h11,13H,1-9H2. The minimum Gasteiger partial charge on any atom is -0.377 e. The van der Waals surface area contributed by atoms with Crippen molar-refractivity contribution < 1.29 is 4.21 Å². The first-order valence-corrected chi connectivity index (χ1v) is 9.06. The van der Waals surface area contributed by atoms with Gasteiger partial charge in [0.1, 0.15) is 0 Å². The Morgan fingerprint density at radius 1 is 1.56 bits per heavy atom. The molecule has 0 amide bonds. The highest BCUT2D eigenvalue weighted by atomic mass is 32.2. The number of thioether (sulfide) groups is 1. The molecule has 2 atom stereocenters. The van der Waals surface area contributed by atoms with E-state index in [1.54, 1.807) is 0 Å². The lowest BCUT2D eigenvalue weighted by molar-refractivity contribution is 0.344. The molecule has 2 heterocycles. The van der Waals surface area contributed by atoms with Gasteiger partial charge in [-0.2, -0.15) is 5.26 Å². The molecule has 1 fully saturated rings. The molecule has 100 valence electrons. The van der Waals surface area contributed by atoms with Crippen molar-refractivity contribution in [2.75, 3.05) is 24.6 Å². The van der Waals surface area contributed by atoms with Crippen LogP contribution >= 0.6 is 11.8 Å². The topological polar surface area (TPSA) is 44.1 Å². The van der Waals surface area contributed by atoms with Crippen LogP contribution in [0.3, 0.4) is 0 Å². The maximum absolute atomic E-state index is 11.8. The predicted octanol–water partition coefficient (Wildman–Crippen LogP) is 2.48. The van der Waals surface area contributed by atoms with Gasteiger partial charge in [-0.1, -0.05) is 0 Å². The predicted molar refractivity (Wildman–Crippen MR) is 77.6 cm³/mol. The monoisotopic (exact) mass is 284 g/mol. The van der Waals surface area contributed by atoms with Crippen LogP contribution in [-0.4, -0.2) is 38.3 Å². The molecule has 0 aromatic heterocycles. The lowest BCUT2D eigenvalue weighted by Crippen LogP contribution is -2.26. The second-order valence-electron chi connectivity index (χ2n) is 4.79. The van der Waals surface area contributed by atoms with E-state index in [2.05, 4.69) is 11.0 Å². The van der Waals surface area contributed by atoms with Gasteiger partial charge in [0.05, 0.1) is 10.7 Å². The van der Waals surface area contributed by atoms with E-state index < -0.39 is 10.8 Å². The van der Waals surface area contributed by atoms with Gasteiger partial charge in [-0.15, -0.1) is 11.8 Å². The van der Waals surface area contributed by atoms with Gasteiger partial charge in [0.2, 0.25) is 0 Å². The second-order valence-corrected chi connectivity index (χ2v) is 8.13. The van der Waals surface area contributed by atoms with E-state index in [0.717, 1.165) is 56.5 Å². The van der Waals surface area contributed by atoms with E-state index in [1.807, 2.05) is 18.0 Å². The van der Waals surface area contributed by atoms with Crippen LogP contribution < -0.4 is 0 Å². The zero-order valence-electron chi connectivity index (χ0n) is 10.6. The van der Waals surface area contributed by atoms with Crippen LogP contribution in [0.1, 0.15) is 32.1 Å². The molecular weight excluding hydrogens is 264 g/mol. The molecule has 0 aliphatic carbocycles. The molecular formula is C13H20N2OS2. The SMILES string of the molecule is N#CC1=CN(CCCC2SCCCS2=O)CCC1. The summed E-state index contributed by atoms with van der Waals surface area (Å²) < 4.78 is 12.1. The first-order valence-electron chi connectivity index (χ1n) is 6.63. The van der Waals surface area contributed by atoms with E-state index in [4.69, 9.17) is 5.26 Å². The van der Waals surface area contributed by atoms with Crippen molar-refractivity contribution in [1.29, 1.82) is 5.26 Å². The van der Waals surface area contributed by atoms with Gasteiger partial charge in [-0.3, -0.25) is 4.21 Å². The molecule has 3 nitrogen and oxygen atoms in total. The summed E-state index contributed by atoms with van der Waals surface area (Å²) >= 11 is 1.88. The van der Waals surface area contributed by atoms with Crippen LogP contribution in [0.4, 0.5) is 0 Å². The van der Waals surface area contributed by atoms with Crippen LogP contribution in [-0.2, 0) is 10.8 Å². The zero-order valence-corrected chi connectivity index (χ0v) is 12.3. The van der Waals surface area contributed by atoms with Crippen molar-refractivity contribution in [3.05, 3.63) is 11.8 Å². The average Bonchev–Trinajstić information content (AvgIpc) is 2.41. The molecule has 0 aromatic rings. The molecule has 2 unspecified atom stereocenters. The van der Waals surface area contributed by atoms with Gasteiger partial charge in [0.25, 0.3) is 0 Å². The average molecular weight is 284 g/mol. The molecule has 2 rings (SSSR count). The number of rotatable bonds is 4. The maximum atomic E-state index is 11.8. The normalized spacial score (nSPS) is 28.6. The van der Waals surface area contributed by atoms with E-state index in [0.29, 0.717) is 4.58 Å². The molecule has 1 saturated heterocycles. The lowest BCUT2D eigenvalue weighted by Gasteiger charge is -2.26. The van der Waals surface area contributed by atoms with Crippen molar-refractivity contribution >= 4 is 22.6 Å². The van der Waals surface area contributed by atoms with E-state index in [-0.39, 0.29) is 0 Å². The Morgan fingerprint density at radius 2 is 2.44 bits per heavy atom. The highest BCUT2D eigenvalue weighted by Crippen LogP contribution is 2.26. The third kappa shape index (κ3) is 4.03. The van der Waals surface area contributed by atoms with E-state index >= 15 is 0 Å². The number of allylic oxidation sites excluding steroid dienone is 1. The van der Waals surface area contributed by atoms with Crippen LogP contribution in [0.25, 0.3) is 0 Å². The third-order valence-electron chi connectivity index (χ3n) is 3.35. The summed E-state index contributed by atoms with van der Waals surface area (Å²) in [6.07, 6.45) is 7.25. The molecule has 0 radical (unpaired) electrons. The zero-order chi connectivity index (χ0) is 12.8. The smallest absolute Gasteiger partial charge is 0.0962 e. The summed E-state index contributed by atoms with van der Waals surface area (Å²) in [7, 11) is -0.616. The van der Waals surface area contributed by atoms with Crippen LogP contribution in [0.15, 0.2) is 11.8 Å². The van der Waals surface area contributed by atoms with Gasteiger partial charge in [-0.05, 0) is 37.9 Å². The summed E-state index contributed by atoms with van der Waals surface area (Å²) in [6.45, 7) is 2.06. The summed E-state index contributed by atoms with van der Waals surface area (Å²) in [4.78, 5) is 2.25. The summed E-state index contributed by atoms with van der Waals surface area (Å²) in [5.41, 5.74) is 0.900. The van der Waals surface area contributed by atoms with Crippen molar-refractivity contribution in [2.24, 2.45) is 0 Å². The molecule has 18 heavy (non-hydrogen) atoms. The minimum atomic E-state index is -0.616. The number of nitriles is 1. The summed E-state index contributed by atoms with van der Waals surface area (Å²) in [6, 6.07) is 2.25. The number of hydrogen-bond donors (Lipinski definition) is 0. The fourth-order valence-electron chi connectivity index (χ4n) is 2.38. The van der Waals surface area contributed by atoms with Gasteiger partial charge in [-0.25, -0.2) is 0 Å². The van der Waals surface area contributed by atoms with Crippen molar-refractivity contribution in [1.82, 2.24) is 4.90 Å². The fraction of sp³-hybridized carbons (Fsp3) is 0.769. The van der Waals surface area contributed by atoms with E-state index in [9.17, 15) is 4.21 Å². The highest BCUT2D eigenvalue weighted by Gasteiger charge is 2.21. The molecule has 0 aromatic carbocycles. The fourth-order valence-corrected chi connectivity index (χ4v) is 5.78. The Kier molecular flexibility index (Phi) is 5.58. The van der Waals surface area contributed by atoms with Gasteiger partial charge in [0.15, 0.2) is 0 Å². The Hall–Kier alpha value is -0.470. The highest BCUT2D eigenvalue weighted by molar-refractivity contribution is 8.11. The van der Waals surface area contributed by atoms with Crippen LogP contribution in [0, 0.1) is 11.3 Å². The quantitative estimate of drug-likeness (QED) is 0.795. The van der Waals surface area contributed by atoms with Crippen LogP contribution in [0.2, 0.25) is 0 Å². The molecule has 5 heteroatoms. The summed E-state index contributed by atoms with van der Waals surface area (Å²) in [5.74, 6) is 2.05. The van der Waals surface area contributed by atoms with Crippen molar-refractivity contribution in [2.45, 2.75) is 36.7 Å². The van der Waals surface area contributed by atoms with E-state index in [1.165, 1.54) is 5.75 Å². The van der Waals surface area contributed by atoms with Crippen molar-refractivity contribution in [3.63, 3.8) is 0 Å². The maximum Gasteiger partial charge on any atom is 0.0962 e. The Bertz CT molecular complexity index is 376. The first kappa shape index (κ1) is 14.0. The van der Waals surface area contributed by atoms with Crippen LogP contribution in [0.5, 0.6) is 0 Å². The van der Waals surface area contributed by atoms with Crippen molar-refractivity contribution in [3.8, 4) is 6.07 Å². The third-order valence-corrected chi connectivity index (χ3v) is 7.04. The largest absolute Gasteiger partial charge is 0.377 e. The number of nitrogens with zero attached hydrogens (tertiary/aromatic N) is 2. The van der Waals surface area contributed by atoms with Gasteiger partial charge < -0.3 is 4.90 Å². The Morgan fingerprint density at radius 3 is 3.22 bits per heavy atom. The second kappa shape index (κ2) is 7.20. The van der Waals surface area contributed by atoms with Gasteiger partial charge in [0, 0.05) is 41.4 Å². The molecule has 0 bridgehead atoms. The Balaban J connectivity index is 1.72. The minimum absolute atomic E-state index is 0.350.